The van der Waals surface area contributed by atoms with E-state index >= 15 is 0 Å². The minimum Gasteiger partial charge on any atom is -0.382 e. The van der Waals surface area contributed by atoms with Crippen molar-refractivity contribution < 1.29 is 19.1 Å². The van der Waals surface area contributed by atoms with E-state index in [2.05, 4.69) is 0 Å². The zero-order chi connectivity index (χ0) is 18.5. The number of nitrogens with zero attached hydrogens (tertiary/aromatic N) is 2. The van der Waals surface area contributed by atoms with Crippen LogP contribution in [-0.2, 0) is 19.1 Å². The summed E-state index contributed by atoms with van der Waals surface area (Å²) in [6.45, 7) is 8.16. The standard InChI is InChI=1S/C19H36N2O4/c1-4-24-15-7-10-18(22)20(3)17-9-6-13-21(14-12-17)19(23)11-8-16-25-5-2/h17H,4-16H2,1-3H3/t17-/m1/s1. The first kappa shape index (κ1) is 21.9. The molecule has 0 N–H and O–H groups in total. The van der Waals surface area contributed by atoms with Gasteiger partial charge in [-0.1, -0.05) is 0 Å². The molecule has 0 aromatic rings. The van der Waals surface area contributed by atoms with Crippen LogP contribution >= 0.6 is 0 Å². The molecular formula is C19H36N2O4. The van der Waals surface area contributed by atoms with Crippen molar-refractivity contribution in [3.05, 3.63) is 0 Å². The van der Waals surface area contributed by atoms with Crippen LogP contribution in [0, 0.1) is 0 Å². The maximum absolute atomic E-state index is 12.3. The van der Waals surface area contributed by atoms with E-state index < -0.39 is 0 Å². The van der Waals surface area contributed by atoms with Crippen LogP contribution in [0.15, 0.2) is 0 Å². The lowest BCUT2D eigenvalue weighted by atomic mass is 10.1. The van der Waals surface area contributed by atoms with Crippen molar-refractivity contribution in [1.82, 2.24) is 9.80 Å². The van der Waals surface area contributed by atoms with E-state index in [9.17, 15) is 9.59 Å². The molecule has 0 unspecified atom stereocenters. The molecule has 0 saturated carbocycles. The van der Waals surface area contributed by atoms with E-state index in [-0.39, 0.29) is 17.9 Å². The molecule has 0 spiro atoms. The molecule has 1 atom stereocenters. The van der Waals surface area contributed by atoms with Crippen molar-refractivity contribution in [2.75, 3.05) is 46.6 Å². The van der Waals surface area contributed by atoms with Gasteiger partial charge in [0.25, 0.3) is 0 Å². The van der Waals surface area contributed by atoms with E-state index in [1.54, 1.807) is 0 Å². The van der Waals surface area contributed by atoms with Crippen molar-refractivity contribution in [1.29, 1.82) is 0 Å². The van der Waals surface area contributed by atoms with Gasteiger partial charge in [-0.2, -0.15) is 0 Å². The van der Waals surface area contributed by atoms with Crippen molar-refractivity contribution in [2.45, 2.75) is 64.8 Å². The number of carbonyl (C=O) groups excluding carboxylic acids is 2. The first-order chi connectivity index (χ1) is 12.1. The molecule has 0 aromatic heterocycles. The molecule has 0 radical (unpaired) electrons. The Hall–Kier alpha value is -1.14. The Labute approximate surface area is 152 Å². The molecule has 146 valence electrons. The van der Waals surface area contributed by atoms with Crippen molar-refractivity contribution in [2.24, 2.45) is 0 Å². The highest BCUT2D eigenvalue weighted by atomic mass is 16.5. The van der Waals surface area contributed by atoms with Crippen molar-refractivity contribution >= 4 is 11.8 Å². The van der Waals surface area contributed by atoms with E-state index in [0.717, 1.165) is 45.2 Å². The number of hydrogen-bond donors (Lipinski definition) is 0. The summed E-state index contributed by atoms with van der Waals surface area (Å²) in [7, 11) is 1.90. The number of ether oxygens (including phenoxy) is 2. The molecule has 0 bridgehead atoms. The third-order valence-corrected chi connectivity index (χ3v) is 4.76. The first-order valence-electron chi connectivity index (χ1n) is 9.79. The molecule has 1 rings (SSSR count). The zero-order valence-corrected chi connectivity index (χ0v) is 16.3. The minimum atomic E-state index is 0.182. The smallest absolute Gasteiger partial charge is 0.222 e. The van der Waals surface area contributed by atoms with Crippen LogP contribution in [0.4, 0.5) is 0 Å². The Bertz CT molecular complexity index is 390. The highest BCUT2D eigenvalue weighted by Crippen LogP contribution is 2.18. The van der Waals surface area contributed by atoms with Gasteiger partial charge in [0, 0.05) is 65.4 Å². The van der Waals surface area contributed by atoms with Gasteiger partial charge in [0.15, 0.2) is 0 Å². The summed E-state index contributed by atoms with van der Waals surface area (Å²) in [6, 6.07) is 0.237. The summed E-state index contributed by atoms with van der Waals surface area (Å²) in [5.41, 5.74) is 0. The number of likely N-dealkylation sites (tertiary alicyclic amines) is 1. The third kappa shape index (κ3) is 8.68. The first-order valence-corrected chi connectivity index (χ1v) is 9.79. The van der Waals surface area contributed by atoms with Gasteiger partial charge in [-0.3, -0.25) is 9.59 Å². The summed E-state index contributed by atoms with van der Waals surface area (Å²) >= 11 is 0. The summed E-state index contributed by atoms with van der Waals surface area (Å²) in [5.74, 6) is 0.396. The van der Waals surface area contributed by atoms with Gasteiger partial charge >= 0.3 is 0 Å². The average molecular weight is 357 g/mol. The lowest BCUT2D eigenvalue weighted by Crippen LogP contribution is -2.38. The number of amides is 2. The van der Waals surface area contributed by atoms with Crippen LogP contribution in [0.25, 0.3) is 0 Å². The normalized spacial score (nSPS) is 18.0. The van der Waals surface area contributed by atoms with Crippen molar-refractivity contribution in [3.63, 3.8) is 0 Å². The highest BCUT2D eigenvalue weighted by Gasteiger charge is 2.25. The predicted octanol–water partition coefficient (Wildman–Crippen LogP) is 2.46. The molecule has 1 saturated heterocycles. The van der Waals surface area contributed by atoms with Gasteiger partial charge in [-0.15, -0.1) is 0 Å². The molecule has 0 aromatic carbocycles. The number of hydrogen-bond acceptors (Lipinski definition) is 4. The maximum Gasteiger partial charge on any atom is 0.222 e. The van der Waals surface area contributed by atoms with Crippen LogP contribution in [0.3, 0.4) is 0 Å². The van der Waals surface area contributed by atoms with Gasteiger partial charge in [0.05, 0.1) is 0 Å². The lowest BCUT2D eigenvalue weighted by Gasteiger charge is -2.27. The quantitative estimate of drug-likeness (QED) is 0.534. The second kappa shape index (κ2) is 13.1. The molecule has 0 aliphatic carbocycles. The molecule has 1 aliphatic heterocycles. The molecule has 1 aliphatic rings. The summed E-state index contributed by atoms with van der Waals surface area (Å²) in [5, 5.41) is 0. The van der Waals surface area contributed by atoms with Gasteiger partial charge in [0.1, 0.15) is 0 Å². The van der Waals surface area contributed by atoms with E-state index in [4.69, 9.17) is 9.47 Å². The molecule has 6 nitrogen and oxygen atoms in total. The zero-order valence-electron chi connectivity index (χ0n) is 16.3. The summed E-state index contributed by atoms with van der Waals surface area (Å²) in [6.07, 6.45) is 5.43. The lowest BCUT2D eigenvalue weighted by molar-refractivity contribution is -0.132. The second-order valence-electron chi connectivity index (χ2n) is 6.57. The van der Waals surface area contributed by atoms with E-state index in [1.807, 2.05) is 30.7 Å². The van der Waals surface area contributed by atoms with Gasteiger partial charge in [0.2, 0.25) is 11.8 Å². The highest BCUT2D eigenvalue weighted by molar-refractivity contribution is 5.77. The fraction of sp³-hybridized carbons (Fsp3) is 0.895. The van der Waals surface area contributed by atoms with Gasteiger partial charge in [-0.05, 0) is 46.0 Å². The van der Waals surface area contributed by atoms with E-state index in [0.29, 0.717) is 39.3 Å². The molecule has 25 heavy (non-hydrogen) atoms. The summed E-state index contributed by atoms with van der Waals surface area (Å²) in [4.78, 5) is 28.5. The molecule has 6 heteroatoms. The van der Waals surface area contributed by atoms with Crippen molar-refractivity contribution in [3.8, 4) is 0 Å². The fourth-order valence-electron chi connectivity index (χ4n) is 3.19. The Kier molecular flexibility index (Phi) is 11.5. The molecular weight excluding hydrogens is 320 g/mol. The van der Waals surface area contributed by atoms with Crippen LogP contribution in [0.2, 0.25) is 0 Å². The topological polar surface area (TPSA) is 59.1 Å². The molecule has 1 heterocycles. The summed E-state index contributed by atoms with van der Waals surface area (Å²) < 4.78 is 10.6. The van der Waals surface area contributed by atoms with E-state index in [1.165, 1.54) is 0 Å². The SMILES string of the molecule is CCOCCCC(=O)N1CCC[C@@H](N(C)C(=O)CCCOCC)CC1. The van der Waals surface area contributed by atoms with Crippen LogP contribution in [0.1, 0.15) is 58.8 Å². The van der Waals surface area contributed by atoms with Gasteiger partial charge in [-0.25, -0.2) is 0 Å². The largest absolute Gasteiger partial charge is 0.382 e. The number of rotatable bonds is 11. The minimum absolute atomic E-state index is 0.182. The molecule has 1 fully saturated rings. The third-order valence-electron chi connectivity index (χ3n) is 4.76. The number of carbonyl (C=O) groups is 2. The average Bonchev–Trinajstić information content (AvgIpc) is 2.87. The Balaban J connectivity index is 2.33. The Morgan fingerprint density at radius 1 is 1.00 bits per heavy atom. The Morgan fingerprint density at radius 2 is 1.64 bits per heavy atom. The van der Waals surface area contributed by atoms with Gasteiger partial charge < -0.3 is 19.3 Å². The molecule has 2 amide bonds. The fourth-order valence-corrected chi connectivity index (χ4v) is 3.19. The van der Waals surface area contributed by atoms with Crippen LogP contribution in [0.5, 0.6) is 0 Å². The second-order valence-corrected chi connectivity index (χ2v) is 6.57. The van der Waals surface area contributed by atoms with Crippen LogP contribution < -0.4 is 0 Å². The predicted molar refractivity (Wildman–Crippen MR) is 98.4 cm³/mol. The monoisotopic (exact) mass is 356 g/mol. The van der Waals surface area contributed by atoms with Crippen LogP contribution in [-0.4, -0.2) is 74.2 Å². The Morgan fingerprint density at radius 3 is 2.28 bits per heavy atom. The maximum atomic E-state index is 12.3.